The Morgan fingerprint density at radius 3 is 3.00 bits per heavy atom. The Hall–Kier alpha value is -0.800. The van der Waals surface area contributed by atoms with E-state index in [1.54, 1.807) is 13.3 Å². The van der Waals surface area contributed by atoms with Gasteiger partial charge in [-0.3, -0.25) is 0 Å². The lowest BCUT2D eigenvalue weighted by molar-refractivity contribution is 0.170. The Balaban J connectivity index is 2.41. The van der Waals surface area contributed by atoms with E-state index < -0.39 is 0 Å². The summed E-state index contributed by atoms with van der Waals surface area (Å²) >= 11 is 5.73. The molecule has 0 aliphatic carbocycles. The summed E-state index contributed by atoms with van der Waals surface area (Å²) in [6, 6.07) is 3.76. The molecule has 0 unspecified atom stereocenters. The van der Waals surface area contributed by atoms with Crippen LogP contribution < -0.4 is 4.74 Å². The molecule has 1 heterocycles. The maximum Gasteiger partial charge on any atom is 0.217 e. The largest absolute Gasteiger partial charge is 0.477 e. The second-order valence-corrected chi connectivity index (χ2v) is 3.06. The van der Waals surface area contributed by atoms with Gasteiger partial charge in [0.1, 0.15) is 0 Å². The van der Waals surface area contributed by atoms with Crippen LogP contribution in [-0.4, -0.2) is 25.3 Å². The Bertz CT molecular complexity index is 268. The fourth-order valence-electron chi connectivity index (χ4n) is 1.03. The predicted octanol–water partition coefficient (Wildman–Crippen LogP) is 2.24. The van der Waals surface area contributed by atoms with Crippen molar-refractivity contribution in [3.8, 4) is 5.88 Å². The third-order valence-corrected chi connectivity index (χ3v) is 2.01. The van der Waals surface area contributed by atoms with E-state index in [2.05, 4.69) is 4.98 Å². The molecular formula is C10H14ClNO2. The lowest BCUT2D eigenvalue weighted by Crippen LogP contribution is -2.04. The number of aromatic nitrogens is 1. The van der Waals surface area contributed by atoms with Crippen LogP contribution in [0.2, 0.25) is 0 Å². The number of pyridine rings is 1. The molecule has 0 fully saturated rings. The molecule has 0 bridgehead atoms. The summed E-state index contributed by atoms with van der Waals surface area (Å²) in [6.45, 7) is 1.30. The van der Waals surface area contributed by atoms with Crippen molar-refractivity contribution in [1.29, 1.82) is 0 Å². The molecule has 0 radical (unpaired) electrons. The van der Waals surface area contributed by atoms with Crippen molar-refractivity contribution in [1.82, 2.24) is 4.98 Å². The second kappa shape index (κ2) is 6.62. The highest BCUT2D eigenvalue weighted by Gasteiger charge is 2.02. The minimum Gasteiger partial charge on any atom is -0.477 e. The number of rotatable bonds is 6. The number of hydrogen-bond donors (Lipinski definition) is 0. The molecule has 3 nitrogen and oxygen atoms in total. The quantitative estimate of drug-likeness (QED) is 0.539. The first kappa shape index (κ1) is 11.3. The summed E-state index contributed by atoms with van der Waals surface area (Å²) in [5.74, 6) is 1.05. The van der Waals surface area contributed by atoms with E-state index in [9.17, 15) is 0 Å². The first-order chi connectivity index (χ1) is 6.88. The fraction of sp³-hybridized carbons (Fsp3) is 0.500. The van der Waals surface area contributed by atoms with Gasteiger partial charge in [0.05, 0.1) is 12.5 Å². The van der Waals surface area contributed by atoms with E-state index in [4.69, 9.17) is 21.1 Å². The first-order valence-corrected chi connectivity index (χ1v) is 5.03. The van der Waals surface area contributed by atoms with Gasteiger partial charge in [-0.1, -0.05) is 6.07 Å². The summed E-state index contributed by atoms with van der Waals surface area (Å²) in [4.78, 5) is 4.10. The van der Waals surface area contributed by atoms with Crippen molar-refractivity contribution in [2.75, 3.05) is 20.3 Å². The normalized spacial score (nSPS) is 10.1. The summed E-state index contributed by atoms with van der Waals surface area (Å²) in [6.07, 6.45) is 2.55. The topological polar surface area (TPSA) is 31.4 Å². The third-order valence-electron chi connectivity index (χ3n) is 1.73. The lowest BCUT2D eigenvalue weighted by Gasteiger charge is -2.07. The van der Waals surface area contributed by atoms with Crippen LogP contribution in [0.4, 0.5) is 0 Å². The zero-order valence-electron chi connectivity index (χ0n) is 8.20. The molecule has 0 spiro atoms. The zero-order valence-corrected chi connectivity index (χ0v) is 8.96. The molecule has 0 saturated carbocycles. The summed E-state index contributed by atoms with van der Waals surface area (Å²) < 4.78 is 10.4. The smallest absolute Gasteiger partial charge is 0.217 e. The van der Waals surface area contributed by atoms with E-state index in [1.165, 1.54) is 0 Å². The predicted molar refractivity (Wildman–Crippen MR) is 55.8 cm³/mol. The monoisotopic (exact) mass is 215 g/mol. The van der Waals surface area contributed by atoms with Gasteiger partial charge in [-0.15, -0.1) is 11.6 Å². The highest BCUT2D eigenvalue weighted by molar-refractivity contribution is 6.17. The van der Waals surface area contributed by atoms with Crippen molar-refractivity contribution in [3.05, 3.63) is 23.9 Å². The summed E-state index contributed by atoms with van der Waals surface area (Å²) in [5, 5.41) is 0. The van der Waals surface area contributed by atoms with E-state index in [-0.39, 0.29) is 0 Å². The average Bonchev–Trinajstić information content (AvgIpc) is 2.25. The minimum absolute atomic E-state index is 0.424. The van der Waals surface area contributed by atoms with Crippen molar-refractivity contribution < 1.29 is 9.47 Å². The maximum atomic E-state index is 5.73. The van der Waals surface area contributed by atoms with Gasteiger partial charge in [-0.05, 0) is 6.07 Å². The number of hydrogen-bond acceptors (Lipinski definition) is 3. The number of ether oxygens (including phenoxy) is 2. The third kappa shape index (κ3) is 3.52. The molecule has 4 heteroatoms. The van der Waals surface area contributed by atoms with Gasteiger partial charge in [0, 0.05) is 31.9 Å². The molecule has 1 aromatic heterocycles. The van der Waals surface area contributed by atoms with Crippen LogP contribution in [0.25, 0.3) is 0 Å². The molecular weight excluding hydrogens is 202 g/mol. The van der Waals surface area contributed by atoms with Crippen LogP contribution in [0.5, 0.6) is 5.88 Å². The van der Waals surface area contributed by atoms with E-state index in [0.717, 1.165) is 12.0 Å². The average molecular weight is 216 g/mol. The number of halogens is 1. The maximum absolute atomic E-state index is 5.73. The van der Waals surface area contributed by atoms with Gasteiger partial charge in [0.2, 0.25) is 5.88 Å². The Kier molecular flexibility index (Phi) is 5.33. The Morgan fingerprint density at radius 2 is 2.29 bits per heavy atom. The standard InChI is InChI=1S/C10H14ClNO2/c1-13-6-3-7-14-10-9(8-11)4-2-5-12-10/h2,4-5H,3,6-8H2,1H3. The fourth-order valence-corrected chi connectivity index (χ4v) is 1.23. The van der Waals surface area contributed by atoms with Crippen LogP contribution in [0.3, 0.4) is 0 Å². The molecule has 0 N–H and O–H groups in total. The molecule has 0 aromatic carbocycles. The van der Waals surface area contributed by atoms with Gasteiger partial charge in [-0.25, -0.2) is 4.98 Å². The van der Waals surface area contributed by atoms with Crippen molar-refractivity contribution in [3.63, 3.8) is 0 Å². The van der Waals surface area contributed by atoms with Crippen LogP contribution in [0.15, 0.2) is 18.3 Å². The number of nitrogens with zero attached hydrogens (tertiary/aromatic N) is 1. The molecule has 0 amide bonds. The van der Waals surface area contributed by atoms with Crippen LogP contribution in [0, 0.1) is 0 Å². The van der Waals surface area contributed by atoms with Gasteiger partial charge in [0.25, 0.3) is 0 Å². The molecule has 0 aliphatic rings. The Labute approximate surface area is 89.0 Å². The van der Waals surface area contributed by atoms with Gasteiger partial charge in [0.15, 0.2) is 0 Å². The van der Waals surface area contributed by atoms with Crippen LogP contribution >= 0.6 is 11.6 Å². The number of alkyl halides is 1. The second-order valence-electron chi connectivity index (χ2n) is 2.80. The van der Waals surface area contributed by atoms with Crippen molar-refractivity contribution in [2.24, 2.45) is 0 Å². The molecule has 1 rings (SSSR count). The highest BCUT2D eigenvalue weighted by Crippen LogP contribution is 2.16. The van der Waals surface area contributed by atoms with E-state index in [0.29, 0.717) is 25.0 Å². The number of methoxy groups -OCH3 is 1. The van der Waals surface area contributed by atoms with Gasteiger partial charge < -0.3 is 9.47 Å². The SMILES string of the molecule is COCCCOc1ncccc1CCl. The summed E-state index contributed by atoms with van der Waals surface area (Å²) in [7, 11) is 1.67. The Morgan fingerprint density at radius 1 is 1.43 bits per heavy atom. The molecule has 0 aliphatic heterocycles. The van der Waals surface area contributed by atoms with Crippen LogP contribution in [-0.2, 0) is 10.6 Å². The van der Waals surface area contributed by atoms with Crippen LogP contribution in [0.1, 0.15) is 12.0 Å². The van der Waals surface area contributed by atoms with Crippen molar-refractivity contribution >= 4 is 11.6 Å². The molecule has 1 aromatic rings. The summed E-state index contributed by atoms with van der Waals surface area (Å²) in [5.41, 5.74) is 0.923. The first-order valence-electron chi connectivity index (χ1n) is 4.50. The minimum atomic E-state index is 0.424. The van der Waals surface area contributed by atoms with Gasteiger partial charge in [-0.2, -0.15) is 0 Å². The van der Waals surface area contributed by atoms with E-state index >= 15 is 0 Å². The lowest BCUT2D eigenvalue weighted by atomic mass is 10.3. The molecule has 0 atom stereocenters. The highest BCUT2D eigenvalue weighted by atomic mass is 35.5. The molecule has 0 saturated heterocycles. The van der Waals surface area contributed by atoms with E-state index in [1.807, 2.05) is 12.1 Å². The van der Waals surface area contributed by atoms with Gasteiger partial charge >= 0.3 is 0 Å². The molecule has 78 valence electrons. The zero-order chi connectivity index (χ0) is 10.2. The van der Waals surface area contributed by atoms with Crippen molar-refractivity contribution in [2.45, 2.75) is 12.3 Å². The molecule has 14 heavy (non-hydrogen) atoms.